The van der Waals surface area contributed by atoms with Crippen molar-refractivity contribution < 1.29 is 9.53 Å². The van der Waals surface area contributed by atoms with Crippen molar-refractivity contribution in [1.82, 2.24) is 5.32 Å². The Bertz CT molecular complexity index is 233. The Balaban J connectivity index is 1.72. The molecule has 0 aromatic carbocycles. The number of carbonyl (C=O) groups excluding carboxylic acids is 1. The molecule has 4 nitrogen and oxygen atoms in total. The second kappa shape index (κ2) is 4.49. The molecule has 1 heterocycles. The van der Waals surface area contributed by atoms with E-state index >= 15 is 0 Å². The summed E-state index contributed by atoms with van der Waals surface area (Å²) in [7, 11) is 0. The van der Waals surface area contributed by atoms with E-state index in [2.05, 4.69) is 5.32 Å². The summed E-state index contributed by atoms with van der Waals surface area (Å²) in [6.07, 6.45) is 4.28. The first kappa shape index (κ1) is 10.9. The van der Waals surface area contributed by atoms with Crippen molar-refractivity contribution in [3.05, 3.63) is 0 Å². The van der Waals surface area contributed by atoms with Crippen molar-refractivity contribution in [2.45, 2.75) is 25.7 Å². The third-order valence-corrected chi connectivity index (χ3v) is 3.56. The third kappa shape index (κ3) is 2.69. The number of ether oxygens (including phenoxy) is 1. The molecule has 2 aliphatic rings. The topological polar surface area (TPSA) is 64.3 Å². The average molecular weight is 212 g/mol. The van der Waals surface area contributed by atoms with Crippen LogP contribution >= 0.6 is 0 Å². The Morgan fingerprint density at radius 2 is 2.33 bits per heavy atom. The van der Waals surface area contributed by atoms with Gasteiger partial charge in [0.25, 0.3) is 0 Å². The predicted molar refractivity (Wildman–Crippen MR) is 57.3 cm³/mol. The zero-order chi connectivity index (χ0) is 10.7. The molecule has 0 radical (unpaired) electrons. The highest BCUT2D eigenvalue weighted by atomic mass is 16.5. The van der Waals surface area contributed by atoms with Gasteiger partial charge in [-0.25, -0.2) is 0 Å². The summed E-state index contributed by atoms with van der Waals surface area (Å²) in [4.78, 5) is 11.8. The number of hydrogen-bond donors (Lipinski definition) is 2. The van der Waals surface area contributed by atoms with Crippen LogP contribution in [0.1, 0.15) is 25.7 Å². The van der Waals surface area contributed by atoms with Crippen molar-refractivity contribution >= 4 is 5.91 Å². The molecule has 2 fully saturated rings. The SMILES string of the molecule is NCC1(CNC(=O)C2CCCOC2)CC1. The zero-order valence-electron chi connectivity index (χ0n) is 9.13. The van der Waals surface area contributed by atoms with Crippen molar-refractivity contribution in [1.29, 1.82) is 0 Å². The van der Waals surface area contributed by atoms with Crippen molar-refractivity contribution in [2.24, 2.45) is 17.1 Å². The van der Waals surface area contributed by atoms with E-state index in [1.165, 1.54) is 0 Å². The van der Waals surface area contributed by atoms with Crippen LogP contribution < -0.4 is 11.1 Å². The Kier molecular flexibility index (Phi) is 3.26. The number of nitrogens with one attached hydrogen (secondary N) is 1. The van der Waals surface area contributed by atoms with Gasteiger partial charge in [-0.15, -0.1) is 0 Å². The van der Waals surface area contributed by atoms with Gasteiger partial charge in [-0.2, -0.15) is 0 Å². The van der Waals surface area contributed by atoms with Gasteiger partial charge < -0.3 is 15.8 Å². The maximum Gasteiger partial charge on any atom is 0.225 e. The molecule has 2 rings (SSSR count). The number of rotatable bonds is 4. The van der Waals surface area contributed by atoms with Gasteiger partial charge in [0.05, 0.1) is 12.5 Å². The average Bonchev–Trinajstić information content (AvgIpc) is 3.08. The van der Waals surface area contributed by atoms with Crippen molar-refractivity contribution in [3.8, 4) is 0 Å². The van der Waals surface area contributed by atoms with Crippen LogP contribution in [0.2, 0.25) is 0 Å². The molecular weight excluding hydrogens is 192 g/mol. The first-order valence-corrected chi connectivity index (χ1v) is 5.81. The number of amides is 1. The number of nitrogens with two attached hydrogens (primary N) is 1. The molecule has 0 spiro atoms. The van der Waals surface area contributed by atoms with Crippen LogP contribution in [0, 0.1) is 11.3 Å². The monoisotopic (exact) mass is 212 g/mol. The molecule has 1 aliphatic carbocycles. The van der Waals surface area contributed by atoms with Gasteiger partial charge in [0.15, 0.2) is 0 Å². The minimum absolute atomic E-state index is 0.0623. The maximum absolute atomic E-state index is 11.8. The summed E-state index contributed by atoms with van der Waals surface area (Å²) in [6, 6.07) is 0. The van der Waals surface area contributed by atoms with Crippen LogP contribution in [-0.4, -0.2) is 32.2 Å². The molecule has 1 amide bonds. The van der Waals surface area contributed by atoms with Gasteiger partial charge in [0.1, 0.15) is 0 Å². The lowest BCUT2D eigenvalue weighted by Gasteiger charge is -2.22. The highest BCUT2D eigenvalue weighted by Crippen LogP contribution is 2.43. The smallest absolute Gasteiger partial charge is 0.225 e. The quantitative estimate of drug-likeness (QED) is 0.703. The van der Waals surface area contributed by atoms with Crippen LogP contribution in [0.15, 0.2) is 0 Å². The molecule has 1 atom stereocenters. The van der Waals surface area contributed by atoms with E-state index in [0.29, 0.717) is 13.2 Å². The molecule has 4 heteroatoms. The Morgan fingerprint density at radius 3 is 2.87 bits per heavy atom. The number of hydrogen-bond acceptors (Lipinski definition) is 3. The lowest BCUT2D eigenvalue weighted by atomic mass is 10.0. The normalized spacial score (nSPS) is 28.5. The van der Waals surface area contributed by atoms with Crippen molar-refractivity contribution in [2.75, 3.05) is 26.3 Å². The minimum atomic E-state index is 0.0623. The van der Waals surface area contributed by atoms with E-state index in [1.54, 1.807) is 0 Å². The first-order chi connectivity index (χ1) is 7.26. The first-order valence-electron chi connectivity index (χ1n) is 5.81. The number of carbonyl (C=O) groups is 1. The van der Waals surface area contributed by atoms with Gasteiger partial charge in [0, 0.05) is 13.2 Å². The Morgan fingerprint density at radius 1 is 1.53 bits per heavy atom. The minimum Gasteiger partial charge on any atom is -0.381 e. The summed E-state index contributed by atoms with van der Waals surface area (Å²) >= 11 is 0. The van der Waals surface area contributed by atoms with Crippen LogP contribution in [-0.2, 0) is 9.53 Å². The standard InChI is InChI=1S/C11H20N2O2/c12-7-11(3-4-11)8-13-10(14)9-2-1-5-15-6-9/h9H,1-8,12H2,(H,13,14). The van der Waals surface area contributed by atoms with Crippen LogP contribution in [0.25, 0.3) is 0 Å². The highest BCUT2D eigenvalue weighted by molar-refractivity contribution is 5.78. The fourth-order valence-corrected chi connectivity index (χ4v) is 2.00. The van der Waals surface area contributed by atoms with Gasteiger partial charge in [-0.1, -0.05) is 0 Å². The molecular formula is C11H20N2O2. The fraction of sp³-hybridized carbons (Fsp3) is 0.909. The highest BCUT2D eigenvalue weighted by Gasteiger charge is 2.41. The summed E-state index contributed by atoms with van der Waals surface area (Å²) in [6.45, 7) is 2.82. The van der Waals surface area contributed by atoms with Gasteiger partial charge in [-0.05, 0) is 37.6 Å². The molecule has 15 heavy (non-hydrogen) atoms. The van der Waals surface area contributed by atoms with E-state index in [1.807, 2.05) is 0 Å². The molecule has 86 valence electrons. The molecule has 1 saturated heterocycles. The van der Waals surface area contributed by atoms with Crippen molar-refractivity contribution in [3.63, 3.8) is 0 Å². The van der Waals surface area contributed by atoms with E-state index in [-0.39, 0.29) is 17.2 Å². The van der Waals surface area contributed by atoms with E-state index < -0.39 is 0 Å². The summed E-state index contributed by atoms with van der Waals surface area (Å²) in [5.41, 5.74) is 5.88. The van der Waals surface area contributed by atoms with Crippen LogP contribution in [0.5, 0.6) is 0 Å². The summed E-state index contributed by atoms with van der Waals surface area (Å²) < 4.78 is 5.29. The Hall–Kier alpha value is -0.610. The molecule has 0 bridgehead atoms. The van der Waals surface area contributed by atoms with E-state index in [9.17, 15) is 4.79 Å². The van der Waals surface area contributed by atoms with E-state index in [0.717, 1.165) is 38.8 Å². The predicted octanol–water partition coefficient (Wildman–Crippen LogP) is 0.268. The van der Waals surface area contributed by atoms with Gasteiger partial charge in [-0.3, -0.25) is 4.79 Å². The van der Waals surface area contributed by atoms with Gasteiger partial charge >= 0.3 is 0 Å². The third-order valence-electron chi connectivity index (χ3n) is 3.56. The molecule has 3 N–H and O–H groups in total. The molecule has 1 saturated carbocycles. The van der Waals surface area contributed by atoms with Crippen LogP contribution in [0.3, 0.4) is 0 Å². The van der Waals surface area contributed by atoms with Crippen LogP contribution in [0.4, 0.5) is 0 Å². The summed E-state index contributed by atoms with van der Waals surface area (Å²) in [5, 5.41) is 3.01. The maximum atomic E-state index is 11.8. The molecule has 0 aromatic rings. The second-order valence-electron chi connectivity index (χ2n) is 4.84. The molecule has 0 aromatic heterocycles. The Labute approximate surface area is 90.5 Å². The zero-order valence-corrected chi connectivity index (χ0v) is 9.13. The largest absolute Gasteiger partial charge is 0.381 e. The molecule has 1 aliphatic heterocycles. The van der Waals surface area contributed by atoms with E-state index in [4.69, 9.17) is 10.5 Å². The molecule has 1 unspecified atom stereocenters. The van der Waals surface area contributed by atoms with Gasteiger partial charge in [0.2, 0.25) is 5.91 Å². The summed E-state index contributed by atoms with van der Waals surface area (Å²) in [5.74, 6) is 0.210. The second-order valence-corrected chi connectivity index (χ2v) is 4.84. The fourth-order valence-electron chi connectivity index (χ4n) is 2.00. The lowest BCUT2D eigenvalue weighted by Crippen LogP contribution is -2.40. The lowest BCUT2D eigenvalue weighted by molar-refractivity contribution is -0.129.